The van der Waals surface area contributed by atoms with E-state index in [1.165, 1.54) is 33.8 Å². The highest BCUT2D eigenvalue weighted by Gasteiger charge is 2.14. The molecule has 0 fully saturated rings. The molecule has 1 amide bonds. The predicted molar refractivity (Wildman–Crippen MR) is 98.8 cm³/mol. The van der Waals surface area contributed by atoms with E-state index < -0.39 is 0 Å². The van der Waals surface area contributed by atoms with Gasteiger partial charge in [0.1, 0.15) is 11.5 Å². The van der Waals surface area contributed by atoms with Crippen LogP contribution < -0.4 is 10.9 Å². The molecule has 2 aromatic heterocycles. The third-order valence-corrected chi connectivity index (χ3v) is 4.19. The van der Waals surface area contributed by atoms with Crippen LogP contribution in [-0.2, 0) is 20.0 Å². The van der Waals surface area contributed by atoms with Gasteiger partial charge in [-0.25, -0.2) is 9.37 Å². The molecule has 0 atom stereocenters. The van der Waals surface area contributed by atoms with E-state index >= 15 is 0 Å². The first-order valence-corrected chi connectivity index (χ1v) is 8.61. The molecule has 2 heterocycles. The van der Waals surface area contributed by atoms with E-state index in [2.05, 4.69) is 15.4 Å². The minimum atomic E-state index is -0.329. The van der Waals surface area contributed by atoms with Gasteiger partial charge in [-0.2, -0.15) is 5.10 Å². The maximum absolute atomic E-state index is 13.0. The van der Waals surface area contributed by atoms with Crippen molar-refractivity contribution in [2.45, 2.75) is 19.9 Å². The van der Waals surface area contributed by atoms with Crippen molar-refractivity contribution >= 4 is 5.91 Å². The second-order valence-electron chi connectivity index (χ2n) is 6.07. The summed E-state index contributed by atoms with van der Waals surface area (Å²) in [4.78, 5) is 28.5. The van der Waals surface area contributed by atoms with Crippen molar-refractivity contribution in [3.63, 3.8) is 0 Å². The van der Waals surface area contributed by atoms with Crippen LogP contribution in [0.2, 0.25) is 0 Å². The number of aryl methyl sites for hydroxylation is 2. The highest BCUT2D eigenvalue weighted by molar-refractivity contribution is 5.93. The monoisotopic (exact) mass is 369 g/mol. The van der Waals surface area contributed by atoms with Crippen molar-refractivity contribution in [1.29, 1.82) is 0 Å². The molecule has 8 heteroatoms. The molecule has 0 aliphatic rings. The Morgan fingerprint density at radius 2 is 1.96 bits per heavy atom. The summed E-state index contributed by atoms with van der Waals surface area (Å²) in [7, 11) is 1.67. The normalized spacial score (nSPS) is 10.8. The summed E-state index contributed by atoms with van der Waals surface area (Å²) in [6.45, 7) is 2.54. The van der Waals surface area contributed by atoms with Crippen LogP contribution in [0.15, 0.2) is 47.5 Å². The fourth-order valence-electron chi connectivity index (χ4n) is 2.65. The van der Waals surface area contributed by atoms with Crippen LogP contribution in [0.25, 0.3) is 11.3 Å². The van der Waals surface area contributed by atoms with Crippen LogP contribution in [0.3, 0.4) is 0 Å². The van der Waals surface area contributed by atoms with Crippen molar-refractivity contribution in [1.82, 2.24) is 24.6 Å². The smallest absolute Gasteiger partial charge is 0.269 e. The number of amides is 1. The number of hydrogen-bond donors (Lipinski definition) is 1. The Kier molecular flexibility index (Phi) is 5.44. The number of benzene rings is 1. The minimum Gasteiger partial charge on any atom is -0.349 e. The standard InChI is InChI=1S/C19H20FN5O2/c1-3-15-10-18(26)25(12-22-15)9-8-21-19(27)17-11-16(23-24(17)2)13-4-6-14(20)7-5-13/h4-7,10-12H,3,8-9H2,1-2H3,(H,21,27). The van der Waals surface area contributed by atoms with Crippen molar-refractivity contribution in [2.75, 3.05) is 6.54 Å². The molecule has 7 nitrogen and oxygen atoms in total. The Morgan fingerprint density at radius 1 is 1.22 bits per heavy atom. The second kappa shape index (κ2) is 7.94. The number of rotatable bonds is 6. The lowest BCUT2D eigenvalue weighted by atomic mass is 10.1. The van der Waals surface area contributed by atoms with Gasteiger partial charge in [0.2, 0.25) is 0 Å². The molecule has 3 aromatic rings. The Labute approximate surface area is 155 Å². The van der Waals surface area contributed by atoms with Crippen LogP contribution in [0.5, 0.6) is 0 Å². The Bertz CT molecular complexity index is 1010. The van der Waals surface area contributed by atoms with E-state index in [-0.39, 0.29) is 23.8 Å². The molecule has 0 aliphatic carbocycles. The molecule has 0 saturated heterocycles. The summed E-state index contributed by atoms with van der Waals surface area (Å²) < 4.78 is 16.0. The van der Waals surface area contributed by atoms with Crippen LogP contribution in [0, 0.1) is 5.82 Å². The molecule has 0 saturated carbocycles. The van der Waals surface area contributed by atoms with Crippen molar-refractivity contribution < 1.29 is 9.18 Å². The fraction of sp³-hybridized carbons (Fsp3) is 0.263. The molecule has 140 valence electrons. The number of hydrogen-bond acceptors (Lipinski definition) is 4. The van der Waals surface area contributed by atoms with Gasteiger partial charge in [-0.1, -0.05) is 6.92 Å². The van der Waals surface area contributed by atoms with E-state index in [4.69, 9.17) is 0 Å². The summed E-state index contributed by atoms with van der Waals surface area (Å²) in [5.41, 5.74) is 2.28. The summed E-state index contributed by atoms with van der Waals surface area (Å²) >= 11 is 0. The molecule has 0 radical (unpaired) electrons. The van der Waals surface area contributed by atoms with Crippen LogP contribution in [0.4, 0.5) is 4.39 Å². The summed E-state index contributed by atoms with van der Waals surface area (Å²) in [6, 6.07) is 9.06. The maximum Gasteiger partial charge on any atom is 0.269 e. The molecule has 1 aromatic carbocycles. The lowest BCUT2D eigenvalue weighted by Gasteiger charge is -2.07. The largest absolute Gasteiger partial charge is 0.349 e. The van der Waals surface area contributed by atoms with Gasteiger partial charge >= 0.3 is 0 Å². The molecular formula is C19H20FN5O2. The fourth-order valence-corrected chi connectivity index (χ4v) is 2.65. The lowest BCUT2D eigenvalue weighted by molar-refractivity contribution is 0.0942. The molecule has 0 bridgehead atoms. The van der Waals surface area contributed by atoms with E-state index in [1.54, 1.807) is 25.2 Å². The van der Waals surface area contributed by atoms with Crippen molar-refractivity contribution in [3.8, 4) is 11.3 Å². The van der Waals surface area contributed by atoms with Crippen LogP contribution in [-0.4, -0.2) is 31.8 Å². The number of nitrogens with zero attached hydrogens (tertiary/aromatic N) is 4. The van der Waals surface area contributed by atoms with E-state index in [9.17, 15) is 14.0 Å². The third-order valence-electron chi connectivity index (χ3n) is 4.19. The van der Waals surface area contributed by atoms with Crippen LogP contribution in [0.1, 0.15) is 23.1 Å². The van der Waals surface area contributed by atoms with Gasteiger partial charge in [-0.3, -0.25) is 18.8 Å². The van der Waals surface area contributed by atoms with Crippen LogP contribution >= 0.6 is 0 Å². The van der Waals surface area contributed by atoms with Gasteiger partial charge in [0.25, 0.3) is 11.5 Å². The van der Waals surface area contributed by atoms with Gasteiger partial charge in [0.05, 0.1) is 12.0 Å². The first-order valence-electron chi connectivity index (χ1n) is 8.61. The Morgan fingerprint density at radius 3 is 2.63 bits per heavy atom. The van der Waals surface area contributed by atoms with Gasteiger partial charge in [-0.15, -0.1) is 0 Å². The molecule has 0 unspecified atom stereocenters. The van der Waals surface area contributed by atoms with E-state index in [1.807, 2.05) is 6.92 Å². The molecule has 27 heavy (non-hydrogen) atoms. The van der Waals surface area contributed by atoms with Gasteiger partial charge < -0.3 is 5.32 Å². The second-order valence-corrected chi connectivity index (χ2v) is 6.07. The number of carbonyl (C=O) groups is 1. The summed E-state index contributed by atoms with van der Waals surface area (Å²) in [5.74, 6) is -0.631. The summed E-state index contributed by atoms with van der Waals surface area (Å²) in [6.07, 6.45) is 2.19. The zero-order valence-corrected chi connectivity index (χ0v) is 15.1. The van der Waals surface area contributed by atoms with E-state index in [0.29, 0.717) is 24.4 Å². The highest BCUT2D eigenvalue weighted by Crippen LogP contribution is 2.19. The van der Waals surface area contributed by atoms with Crippen molar-refractivity contribution in [3.05, 3.63) is 70.3 Å². The zero-order chi connectivity index (χ0) is 19.4. The SMILES string of the molecule is CCc1cc(=O)n(CCNC(=O)c2cc(-c3ccc(F)cc3)nn2C)cn1. The van der Waals surface area contributed by atoms with E-state index in [0.717, 1.165) is 11.3 Å². The number of aromatic nitrogens is 4. The van der Waals surface area contributed by atoms with Gasteiger partial charge in [-0.05, 0) is 36.8 Å². The zero-order valence-electron chi connectivity index (χ0n) is 15.1. The third kappa shape index (κ3) is 4.28. The van der Waals surface area contributed by atoms with Gasteiger partial charge in [0, 0.05) is 37.5 Å². The molecule has 0 aliphatic heterocycles. The lowest BCUT2D eigenvalue weighted by Crippen LogP contribution is -2.32. The average molecular weight is 369 g/mol. The average Bonchev–Trinajstić information content (AvgIpc) is 3.05. The highest BCUT2D eigenvalue weighted by atomic mass is 19.1. The number of carbonyl (C=O) groups excluding carboxylic acids is 1. The predicted octanol–water partition coefficient (Wildman–Crippen LogP) is 1.78. The Balaban J connectivity index is 1.65. The first-order chi connectivity index (χ1) is 13.0. The Hall–Kier alpha value is -3.29. The molecular weight excluding hydrogens is 349 g/mol. The number of nitrogens with one attached hydrogen (secondary N) is 1. The quantitative estimate of drug-likeness (QED) is 0.718. The molecule has 1 N–H and O–H groups in total. The van der Waals surface area contributed by atoms with Gasteiger partial charge in [0.15, 0.2) is 0 Å². The molecule has 0 spiro atoms. The molecule has 3 rings (SSSR count). The van der Waals surface area contributed by atoms with Crippen molar-refractivity contribution in [2.24, 2.45) is 7.05 Å². The minimum absolute atomic E-state index is 0.143. The topological polar surface area (TPSA) is 81.8 Å². The summed E-state index contributed by atoms with van der Waals surface area (Å²) in [5, 5.41) is 7.07. The maximum atomic E-state index is 13.0. The first kappa shape index (κ1) is 18.5. The number of halogens is 1.